The summed E-state index contributed by atoms with van der Waals surface area (Å²) < 4.78 is 7.54. The Hall–Kier alpha value is -2.71. The van der Waals surface area contributed by atoms with E-state index in [1.807, 2.05) is 42.5 Å². The van der Waals surface area contributed by atoms with Gasteiger partial charge in [-0.3, -0.25) is 4.79 Å². The number of benzene rings is 2. The summed E-state index contributed by atoms with van der Waals surface area (Å²) >= 11 is 3.13. The maximum Gasteiger partial charge on any atom is 0.232 e. The molecule has 136 valence electrons. The van der Waals surface area contributed by atoms with E-state index in [4.69, 9.17) is 4.74 Å². The first-order chi connectivity index (χ1) is 13.2. The Bertz CT molecular complexity index is 1110. The van der Waals surface area contributed by atoms with Crippen LogP contribution in [-0.2, 0) is 4.79 Å². The van der Waals surface area contributed by atoms with Crippen LogP contribution in [0.1, 0.15) is 0 Å². The summed E-state index contributed by atoms with van der Waals surface area (Å²) in [4.78, 5) is 23.8. The van der Waals surface area contributed by atoms with Gasteiger partial charge in [0.2, 0.25) is 5.91 Å². The number of carbonyl (C=O) groups is 1. The van der Waals surface area contributed by atoms with Crippen LogP contribution in [0.4, 0.5) is 10.3 Å². The third kappa shape index (κ3) is 2.90. The molecule has 3 heterocycles. The number of thiazole rings is 2. The van der Waals surface area contributed by atoms with Crippen molar-refractivity contribution in [2.75, 3.05) is 30.4 Å². The lowest BCUT2D eigenvalue weighted by Crippen LogP contribution is -2.52. The highest BCUT2D eigenvalue weighted by atomic mass is 32.1. The van der Waals surface area contributed by atoms with E-state index in [2.05, 4.69) is 20.2 Å². The number of nitrogens with zero attached hydrogens (tertiary/aromatic N) is 3. The lowest BCUT2D eigenvalue weighted by atomic mass is 10.0. The Labute approximate surface area is 163 Å². The van der Waals surface area contributed by atoms with Crippen molar-refractivity contribution in [2.45, 2.75) is 0 Å². The Morgan fingerprint density at radius 3 is 2.74 bits per heavy atom. The van der Waals surface area contributed by atoms with E-state index in [1.165, 1.54) is 11.3 Å². The summed E-state index contributed by atoms with van der Waals surface area (Å²) in [6.07, 6.45) is 0. The molecule has 0 aliphatic carbocycles. The van der Waals surface area contributed by atoms with Crippen molar-refractivity contribution < 1.29 is 9.53 Å². The number of amides is 1. The average molecular weight is 396 g/mol. The van der Waals surface area contributed by atoms with Crippen molar-refractivity contribution in [3.8, 4) is 5.75 Å². The average Bonchev–Trinajstić information content (AvgIpc) is 3.23. The molecule has 1 aliphatic heterocycles. The summed E-state index contributed by atoms with van der Waals surface area (Å²) in [5.74, 6) is 0.746. The summed E-state index contributed by atoms with van der Waals surface area (Å²) in [5.41, 5.74) is 1.79. The van der Waals surface area contributed by atoms with Gasteiger partial charge < -0.3 is 15.0 Å². The predicted molar refractivity (Wildman–Crippen MR) is 110 cm³/mol. The smallest absolute Gasteiger partial charge is 0.232 e. The molecule has 1 amide bonds. The number of methoxy groups -OCH3 is 1. The molecule has 0 atom stereocenters. The van der Waals surface area contributed by atoms with Crippen LogP contribution in [0.5, 0.6) is 5.75 Å². The molecule has 2 aromatic carbocycles. The summed E-state index contributed by atoms with van der Waals surface area (Å²) in [6, 6.07) is 13.8. The van der Waals surface area contributed by atoms with Crippen molar-refractivity contribution >= 4 is 59.3 Å². The summed E-state index contributed by atoms with van der Waals surface area (Å²) in [6.45, 7) is 1.33. The molecule has 1 fully saturated rings. The van der Waals surface area contributed by atoms with Crippen molar-refractivity contribution in [2.24, 2.45) is 5.92 Å². The molecule has 1 saturated heterocycles. The number of para-hydroxylation sites is 2. The predicted octanol–water partition coefficient (Wildman–Crippen LogP) is 3.99. The molecule has 0 spiro atoms. The van der Waals surface area contributed by atoms with Crippen LogP contribution in [-0.4, -0.2) is 36.1 Å². The molecule has 6 nitrogen and oxygen atoms in total. The Morgan fingerprint density at radius 2 is 1.93 bits per heavy atom. The van der Waals surface area contributed by atoms with Gasteiger partial charge in [0, 0.05) is 13.1 Å². The topological polar surface area (TPSA) is 67.3 Å². The largest absolute Gasteiger partial charge is 0.494 e. The van der Waals surface area contributed by atoms with Gasteiger partial charge in [-0.25, -0.2) is 9.97 Å². The maximum absolute atomic E-state index is 12.5. The Balaban J connectivity index is 1.26. The number of fused-ring (bicyclic) bond motifs is 2. The van der Waals surface area contributed by atoms with Gasteiger partial charge in [0.25, 0.3) is 0 Å². The van der Waals surface area contributed by atoms with Crippen LogP contribution in [0, 0.1) is 5.92 Å². The van der Waals surface area contributed by atoms with E-state index in [1.54, 1.807) is 18.4 Å². The normalized spacial score (nSPS) is 14.5. The fraction of sp³-hybridized carbons (Fsp3) is 0.211. The molecule has 27 heavy (non-hydrogen) atoms. The number of anilines is 2. The van der Waals surface area contributed by atoms with Crippen molar-refractivity contribution in [3.63, 3.8) is 0 Å². The highest BCUT2D eigenvalue weighted by Gasteiger charge is 2.35. The molecule has 2 aromatic heterocycles. The monoisotopic (exact) mass is 396 g/mol. The third-order valence-corrected chi connectivity index (χ3v) is 6.67. The van der Waals surface area contributed by atoms with Gasteiger partial charge in [-0.2, -0.15) is 0 Å². The van der Waals surface area contributed by atoms with Gasteiger partial charge in [0.1, 0.15) is 11.3 Å². The molecule has 1 N–H and O–H groups in total. The number of carbonyl (C=O) groups excluding carboxylic acids is 1. The van der Waals surface area contributed by atoms with Gasteiger partial charge in [0.15, 0.2) is 10.3 Å². The van der Waals surface area contributed by atoms with Crippen molar-refractivity contribution in [1.82, 2.24) is 9.97 Å². The fourth-order valence-electron chi connectivity index (χ4n) is 3.15. The molecule has 0 bridgehead atoms. The molecule has 1 aliphatic rings. The number of hydrogen-bond donors (Lipinski definition) is 1. The molecular formula is C19H16N4O2S2. The minimum absolute atomic E-state index is 0.0176. The summed E-state index contributed by atoms with van der Waals surface area (Å²) in [5, 5.41) is 4.54. The van der Waals surface area contributed by atoms with Crippen molar-refractivity contribution in [3.05, 3.63) is 42.5 Å². The lowest BCUT2D eigenvalue weighted by Gasteiger charge is -2.37. The van der Waals surface area contributed by atoms with E-state index in [9.17, 15) is 4.79 Å². The maximum atomic E-state index is 12.5. The van der Waals surface area contributed by atoms with Crippen LogP contribution in [0.25, 0.3) is 20.4 Å². The second-order valence-electron chi connectivity index (χ2n) is 6.38. The molecule has 5 rings (SSSR count). The van der Waals surface area contributed by atoms with Crippen LogP contribution in [0.3, 0.4) is 0 Å². The molecule has 0 unspecified atom stereocenters. The van der Waals surface area contributed by atoms with Gasteiger partial charge >= 0.3 is 0 Å². The number of rotatable bonds is 4. The van der Waals surface area contributed by atoms with Gasteiger partial charge in [-0.05, 0) is 24.3 Å². The third-order valence-electron chi connectivity index (χ3n) is 4.64. The zero-order chi connectivity index (χ0) is 18.4. The second kappa shape index (κ2) is 6.47. The van der Waals surface area contributed by atoms with Crippen LogP contribution in [0.15, 0.2) is 42.5 Å². The Kier molecular flexibility index (Phi) is 3.95. The lowest BCUT2D eigenvalue weighted by molar-refractivity contribution is -0.120. The first kappa shape index (κ1) is 16.5. The zero-order valence-corrected chi connectivity index (χ0v) is 16.1. The molecule has 0 radical (unpaired) electrons. The van der Waals surface area contributed by atoms with Crippen LogP contribution < -0.4 is 15.0 Å². The number of ether oxygens (including phenoxy) is 1. The first-order valence-electron chi connectivity index (χ1n) is 8.56. The number of aromatic nitrogens is 2. The van der Waals surface area contributed by atoms with Gasteiger partial charge in [-0.1, -0.05) is 40.9 Å². The molecule has 4 aromatic rings. The van der Waals surface area contributed by atoms with Gasteiger partial charge in [-0.15, -0.1) is 0 Å². The minimum Gasteiger partial charge on any atom is -0.494 e. The van der Waals surface area contributed by atoms with E-state index < -0.39 is 0 Å². The Morgan fingerprint density at radius 1 is 1.11 bits per heavy atom. The SMILES string of the molecule is COc1cccc2sc(N3CC(C(=O)Nc4nc5ccccc5s4)C3)nc12. The molecular weight excluding hydrogens is 380 g/mol. The van der Waals surface area contributed by atoms with E-state index in [-0.39, 0.29) is 11.8 Å². The standard InChI is InChI=1S/C19H16N4O2S2/c1-25-13-6-4-8-15-16(13)21-19(27-15)23-9-11(10-23)17(24)22-18-20-12-5-2-3-7-14(12)26-18/h2-8,11H,9-10H2,1H3,(H,20,22,24). The van der Waals surface area contributed by atoms with E-state index in [0.717, 1.165) is 31.3 Å². The number of hydrogen-bond acceptors (Lipinski definition) is 7. The molecule has 0 saturated carbocycles. The highest BCUT2D eigenvalue weighted by Crippen LogP contribution is 2.37. The minimum atomic E-state index is -0.0501. The van der Waals surface area contributed by atoms with Crippen molar-refractivity contribution in [1.29, 1.82) is 0 Å². The second-order valence-corrected chi connectivity index (χ2v) is 8.42. The molecule has 8 heteroatoms. The zero-order valence-electron chi connectivity index (χ0n) is 14.5. The summed E-state index contributed by atoms with van der Waals surface area (Å²) in [7, 11) is 1.65. The van der Waals surface area contributed by atoms with Gasteiger partial charge in [0.05, 0.1) is 27.9 Å². The number of nitrogens with one attached hydrogen (secondary N) is 1. The van der Waals surface area contributed by atoms with E-state index in [0.29, 0.717) is 18.2 Å². The highest BCUT2D eigenvalue weighted by molar-refractivity contribution is 7.22. The first-order valence-corrected chi connectivity index (χ1v) is 10.2. The van der Waals surface area contributed by atoms with E-state index >= 15 is 0 Å². The quantitative estimate of drug-likeness (QED) is 0.565. The van der Waals surface area contributed by atoms with Crippen LogP contribution >= 0.6 is 22.7 Å². The fourth-order valence-corrected chi connectivity index (χ4v) is 5.02. The van der Waals surface area contributed by atoms with Crippen LogP contribution in [0.2, 0.25) is 0 Å².